The van der Waals surface area contributed by atoms with Gasteiger partial charge in [0.15, 0.2) is 11.5 Å². The van der Waals surface area contributed by atoms with Crippen LogP contribution in [0.3, 0.4) is 0 Å². The van der Waals surface area contributed by atoms with Gasteiger partial charge in [-0.3, -0.25) is 4.79 Å². The predicted molar refractivity (Wildman–Crippen MR) is 125 cm³/mol. The zero-order chi connectivity index (χ0) is 22.5. The SMILES string of the molecule is COc1cccc(CNC(=O)c2ccc3c(c2)N(Cc2ccc(F)cc2)CCS3)c1OC. The van der Waals surface area contributed by atoms with E-state index in [2.05, 4.69) is 10.2 Å². The van der Waals surface area contributed by atoms with Crippen molar-refractivity contribution in [1.82, 2.24) is 5.32 Å². The van der Waals surface area contributed by atoms with Gasteiger partial charge >= 0.3 is 0 Å². The second-order valence-corrected chi connectivity index (χ2v) is 8.55. The number of benzene rings is 3. The Labute approximate surface area is 191 Å². The van der Waals surface area contributed by atoms with Crippen molar-refractivity contribution >= 4 is 23.4 Å². The van der Waals surface area contributed by atoms with Crippen LogP contribution in [-0.2, 0) is 13.1 Å². The van der Waals surface area contributed by atoms with Crippen LogP contribution < -0.4 is 19.7 Å². The summed E-state index contributed by atoms with van der Waals surface area (Å²) in [7, 11) is 3.17. The lowest BCUT2D eigenvalue weighted by atomic mass is 10.1. The normalized spacial score (nSPS) is 12.8. The van der Waals surface area contributed by atoms with Crippen molar-refractivity contribution in [3.8, 4) is 11.5 Å². The number of rotatable bonds is 7. The monoisotopic (exact) mass is 452 g/mol. The van der Waals surface area contributed by atoms with Crippen molar-refractivity contribution in [2.45, 2.75) is 18.0 Å². The molecule has 1 amide bonds. The molecule has 32 heavy (non-hydrogen) atoms. The number of anilines is 1. The Morgan fingerprint density at radius 1 is 1.09 bits per heavy atom. The smallest absolute Gasteiger partial charge is 0.251 e. The van der Waals surface area contributed by atoms with E-state index in [-0.39, 0.29) is 11.7 Å². The molecule has 166 valence electrons. The first-order valence-electron chi connectivity index (χ1n) is 10.3. The van der Waals surface area contributed by atoms with Gasteiger partial charge < -0.3 is 19.7 Å². The first-order valence-corrected chi connectivity index (χ1v) is 11.3. The molecule has 0 bridgehead atoms. The van der Waals surface area contributed by atoms with Gasteiger partial charge in [0.2, 0.25) is 0 Å². The van der Waals surface area contributed by atoms with Crippen molar-refractivity contribution in [2.75, 3.05) is 31.4 Å². The summed E-state index contributed by atoms with van der Waals surface area (Å²) in [6.45, 7) is 1.85. The number of carbonyl (C=O) groups excluding carboxylic acids is 1. The van der Waals surface area contributed by atoms with Crippen molar-refractivity contribution in [3.63, 3.8) is 0 Å². The first kappa shape index (κ1) is 22.0. The van der Waals surface area contributed by atoms with Gasteiger partial charge in [0.1, 0.15) is 5.82 Å². The highest BCUT2D eigenvalue weighted by Gasteiger charge is 2.20. The molecule has 5 nitrogen and oxygen atoms in total. The van der Waals surface area contributed by atoms with Gasteiger partial charge in [-0.25, -0.2) is 4.39 Å². The van der Waals surface area contributed by atoms with Gasteiger partial charge in [-0.05, 0) is 42.0 Å². The zero-order valence-corrected chi connectivity index (χ0v) is 18.9. The minimum atomic E-state index is -0.241. The molecule has 1 aliphatic heterocycles. The van der Waals surface area contributed by atoms with Gasteiger partial charge in [0.25, 0.3) is 5.91 Å². The Hall–Kier alpha value is -3.19. The third-order valence-corrected chi connectivity index (χ3v) is 6.43. The molecular weight excluding hydrogens is 427 g/mol. The van der Waals surface area contributed by atoms with Crippen LogP contribution in [-0.4, -0.2) is 32.4 Å². The lowest BCUT2D eigenvalue weighted by Gasteiger charge is -2.31. The summed E-state index contributed by atoms with van der Waals surface area (Å²) in [6.07, 6.45) is 0. The Bertz CT molecular complexity index is 1100. The summed E-state index contributed by atoms with van der Waals surface area (Å²) in [5, 5.41) is 2.98. The Kier molecular flexibility index (Phi) is 6.85. The maximum atomic E-state index is 13.3. The quantitative estimate of drug-likeness (QED) is 0.554. The number of halogens is 1. The van der Waals surface area contributed by atoms with Crippen LogP contribution in [0.4, 0.5) is 10.1 Å². The second-order valence-electron chi connectivity index (χ2n) is 7.41. The van der Waals surface area contributed by atoms with E-state index in [4.69, 9.17) is 9.47 Å². The summed E-state index contributed by atoms with van der Waals surface area (Å²) in [5.74, 6) is 1.81. The molecule has 0 radical (unpaired) electrons. The fourth-order valence-corrected chi connectivity index (χ4v) is 4.79. The third kappa shape index (κ3) is 4.83. The highest BCUT2D eigenvalue weighted by atomic mass is 32.2. The van der Waals surface area contributed by atoms with E-state index in [1.807, 2.05) is 36.4 Å². The van der Waals surface area contributed by atoms with Crippen molar-refractivity contribution in [1.29, 1.82) is 0 Å². The lowest BCUT2D eigenvalue weighted by molar-refractivity contribution is 0.0950. The minimum absolute atomic E-state index is 0.157. The highest BCUT2D eigenvalue weighted by molar-refractivity contribution is 7.99. The molecular formula is C25H25FN2O3S. The Balaban J connectivity index is 1.50. The van der Waals surface area contributed by atoms with E-state index in [1.165, 1.54) is 12.1 Å². The van der Waals surface area contributed by atoms with Crippen molar-refractivity contribution in [2.24, 2.45) is 0 Å². The molecule has 1 aliphatic rings. The first-order chi connectivity index (χ1) is 15.6. The maximum absolute atomic E-state index is 13.3. The summed E-state index contributed by atoms with van der Waals surface area (Å²) in [5.41, 5.74) is 3.49. The van der Waals surface area contributed by atoms with E-state index >= 15 is 0 Å². The van der Waals surface area contributed by atoms with E-state index in [0.29, 0.717) is 30.2 Å². The molecule has 0 unspecified atom stereocenters. The topological polar surface area (TPSA) is 50.8 Å². The molecule has 0 aromatic heterocycles. The lowest BCUT2D eigenvalue weighted by Crippen LogP contribution is -2.29. The fourth-order valence-electron chi connectivity index (χ4n) is 3.76. The summed E-state index contributed by atoms with van der Waals surface area (Å²) in [6, 6.07) is 17.9. The molecule has 1 heterocycles. The molecule has 3 aromatic carbocycles. The summed E-state index contributed by atoms with van der Waals surface area (Å²) >= 11 is 1.78. The number of fused-ring (bicyclic) bond motifs is 1. The maximum Gasteiger partial charge on any atom is 0.251 e. The molecule has 0 aliphatic carbocycles. The molecule has 0 saturated carbocycles. The molecule has 1 N–H and O–H groups in total. The van der Waals surface area contributed by atoms with Gasteiger partial charge in [0.05, 0.1) is 19.9 Å². The van der Waals surface area contributed by atoms with Crippen LogP contribution in [0, 0.1) is 5.82 Å². The number of hydrogen-bond donors (Lipinski definition) is 1. The van der Waals surface area contributed by atoms with E-state index in [1.54, 1.807) is 38.1 Å². The summed E-state index contributed by atoms with van der Waals surface area (Å²) < 4.78 is 24.0. The van der Waals surface area contributed by atoms with Crippen molar-refractivity contribution in [3.05, 3.63) is 83.2 Å². The third-order valence-electron chi connectivity index (χ3n) is 5.39. The van der Waals surface area contributed by atoms with Crippen LogP contribution in [0.5, 0.6) is 11.5 Å². The molecule has 0 fully saturated rings. The average Bonchev–Trinajstić information content (AvgIpc) is 2.83. The van der Waals surface area contributed by atoms with E-state index < -0.39 is 0 Å². The highest BCUT2D eigenvalue weighted by Crippen LogP contribution is 2.36. The van der Waals surface area contributed by atoms with Gasteiger partial charge in [0, 0.05) is 41.4 Å². The standard InChI is InChI=1S/C25H25FN2O3S/c1-30-22-5-3-4-19(24(22)31-2)15-27-25(29)18-8-11-23-21(14-18)28(12-13-32-23)16-17-6-9-20(26)10-7-17/h3-11,14H,12-13,15-16H2,1-2H3,(H,27,29). The van der Waals surface area contributed by atoms with Gasteiger partial charge in [-0.15, -0.1) is 11.8 Å². The molecule has 4 rings (SSSR count). The van der Waals surface area contributed by atoms with Crippen LogP contribution >= 0.6 is 11.8 Å². The Morgan fingerprint density at radius 3 is 2.66 bits per heavy atom. The van der Waals surface area contributed by atoms with Crippen molar-refractivity contribution < 1.29 is 18.7 Å². The number of amides is 1. The minimum Gasteiger partial charge on any atom is -0.493 e. The van der Waals surface area contributed by atoms with Gasteiger partial charge in [-0.1, -0.05) is 24.3 Å². The van der Waals surface area contributed by atoms with E-state index in [9.17, 15) is 9.18 Å². The van der Waals surface area contributed by atoms with E-state index in [0.717, 1.165) is 34.0 Å². The number of nitrogens with one attached hydrogen (secondary N) is 1. The van der Waals surface area contributed by atoms with Gasteiger partial charge in [-0.2, -0.15) is 0 Å². The number of hydrogen-bond acceptors (Lipinski definition) is 5. The number of ether oxygens (including phenoxy) is 2. The molecule has 7 heteroatoms. The fraction of sp³-hybridized carbons (Fsp3) is 0.240. The van der Waals surface area contributed by atoms with Crippen LogP contribution in [0.1, 0.15) is 21.5 Å². The van der Waals surface area contributed by atoms with Crippen LogP contribution in [0.25, 0.3) is 0 Å². The number of thioether (sulfide) groups is 1. The molecule has 3 aromatic rings. The molecule has 0 atom stereocenters. The average molecular weight is 453 g/mol. The number of nitrogens with zero attached hydrogens (tertiary/aromatic N) is 1. The molecule has 0 saturated heterocycles. The summed E-state index contributed by atoms with van der Waals surface area (Å²) in [4.78, 5) is 16.3. The van der Waals surface area contributed by atoms with Crippen LogP contribution in [0.2, 0.25) is 0 Å². The Morgan fingerprint density at radius 2 is 1.91 bits per heavy atom. The largest absolute Gasteiger partial charge is 0.493 e. The second kappa shape index (κ2) is 9.96. The number of carbonyl (C=O) groups is 1. The molecule has 0 spiro atoms. The predicted octanol–water partition coefficient (Wildman–Crippen LogP) is 4.89. The van der Waals surface area contributed by atoms with Crippen LogP contribution in [0.15, 0.2) is 65.6 Å². The zero-order valence-electron chi connectivity index (χ0n) is 18.1. The number of methoxy groups -OCH3 is 2. The number of para-hydroxylation sites is 1.